The second-order valence-electron chi connectivity index (χ2n) is 6.12. The fourth-order valence-electron chi connectivity index (χ4n) is 2.95. The largest absolute Gasteiger partial charge is 0.478 e. The molecule has 4 aromatic rings. The third-order valence-corrected chi connectivity index (χ3v) is 5.30. The number of oxazole rings is 1. The molecule has 0 aliphatic heterocycles. The van der Waals surface area contributed by atoms with Crippen LogP contribution in [0.3, 0.4) is 0 Å². The van der Waals surface area contributed by atoms with Crippen molar-refractivity contribution in [3.63, 3.8) is 0 Å². The zero-order valence-electron chi connectivity index (χ0n) is 14.7. The third-order valence-electron chi connectivity index (χ3n) is 4.31. The van der Waals surface area contributed by atoms with E-state index < -0.39 is 17.6 Å². The molecular formula is C21H11FN2O4S. The molecule has 1 N–H and O–H groups in total. The number of nitrogens with zero attached hydrogens (tertiary/aromatic N) is 2. The van der Waals surface area contributed by atoms with Crippen LogP contribution in [0.2, 0.25) is 0 Å². The normalized spacial score (nSPS) is 10.8. The number of ketones is 1. The van der Waals surface area contributed by atoms with Crippen LogP contribution in [0.25, 0.3) is 27.1 Å². The Morgan fingerprint density at radius 3 is 2.76 bits per heavy atom. The average Bonchev–Trinajstić information content (AvgIpc) is 3.32. The van der Waals surface area contributed by atoms with Gasteiger partial charge in [-0.05, 0) is 35.2 Å². The SMILES string of the molecule is [C-]#[N+]c1cc(-c2csc(CC(=O)c3nc4ccccc4o3)c2C(=O)O)ccc1F. The van der Waals surface area contributed by atoms with Crippen molar-refractivity contribution in [2.75, 3.05) is 0 Å². The van der Waals surface area contributed by atoms with Crippen LogP contribution < -0.4 is 0 Å². The highest BCUT2D eigenvalue weighted by Crippen LogP contribution is 2.35. The predicted molar refractivity (Wildman–Crippen MR) is 105 cm³/mol. The van der Waals surface area contributed by atoms with E-state index in [-0.39, 0.29) is 23.6 Å². The summed E-state index contributed by atoms with van der Waals surface area (Å²) in [4.78, 5) is 32.1. The van der Waals surface area contributed by atoms with E-state index in [1.54, 1.807) is 29.6 Å². The highest BCUT2D eigenvalue weighted by atomic mass is 32.1. The number of aromatic carboxylic acids is 1. The van der Waals surface area contributed by atoms with Crippen molar-refractivity contribution in [3.05, 3.63) is 81.4 Å². The zero-order chi connectivity index (χ0) is 20.5. The maximum absolute atomic E-state index is 13.6. The first-order chi connectivity index (χ1) is 14.0. The molecule has 0 saturated heterocycles. The zero-order valence-corrected chi connectivity index (χ0v) is 15.5. The summed E-state index contributed by atoms with van der Waals surface area (Å²) in [5, 5.41) is 11.3. The number of Topliss-reactive ketones (excluding diaryl/α,β-unsaturated/α-hetero) is 1. The lowest BCUT2D eigenvalue weighted by Gasteiger charge is -2.04. The molecule has 0 aliphatic rings. The molecule has 0 unspecified atom stereocenters. The Morgan fingerprint density at radius 1 is 1.24 bits per heavy atom. The van der Waals surface area contributed by atoms with Crippen molar-refractivity contribution >= 4 is 39.9 Å². The summed E-state index contributed by atoms with van der Waals surface area (Å²) in [5.41, 5.74) is 1.48. The van der Waals surface area contributed by atoms with E-state index in [2.05, 4.69) is 9.83 Å². The van der Waals surface area contributed by atoms with E-state index in [9.17, 15) is 19.1 Å². The van der Waals surface area contributed by atoms with Gasteiger partial charge in [0.05, 0.1) is 18.6 Å². The first-order valence-electron chi connectivity index (χ1n) is 8.37. The van der Waals surface area contributed by atoms with E-state index in [0.717, 1.165) is 17.4 Å². The highest BCUT2D eigenvalue weighted by Gasteiger charge is 2.24. The third kappa shape index (κ3) is 3.39. The molecule has 29 heavy (non-hydrogen) atoms. The molecule has 0 fully saturated rings. The first-order valence-corrected chi connectivity index (χ1v) is 9.25. The molecule has 6 nitrogen and oxygen atoms in total. The summed E-state index contributed by atoms with van der Waals surface area (Å²) < 4.78 is 19.1. The summed E-state index contributed by atoms with van der Waals surface area (Å²) in [7, 11) is 0. The molecule has 2 aromatic carbocycles. The van der Waals surface area contributed by atoms with Crippen LogP contribution in [-0.2, 0) is 6.42 Å². The van der Waals surface area contributed by atoms with Crippen LogP contribution in [0.1, 0.15) is 25.9 Å². The molecule has 8 heteroatoms. The van der Waals surface area contributed by atoms with Crippen molar-refractivity contribution in [2.45, 2.75) is 6.42 Å². The number of carboxylic acids is 1. The van der Waals surface area contributed by atoms with Gasteiger partial charge in [-0.15, -0.1) is 11.3 Å². The number of halogens is 1. The molecule has 0 aliphatic carbocycles. The van der Waals surface area contributed by atoms with Crippen molar-refractivity contribution in [2.24, 2.45) is 0 Å². The molecule has 0 spiro atoms. The maximum atomic E-state index is 13.6. The minimum absolute atomic E-state index is 0.0537. The van der Waals surface area contributed by atoms with Gasteiger partial charge in [-0.3, -0.25) is 4.79 Å². The van der Waals surface area contributed by atoms with Crippen LogP contribution in [0.15, 0.2) is 52.3 Å². The Hall–Kier alpha value is -3.83. The summed E-state index contributed by atoms with van der Waals surface area (Å²) in [5.74, 6) is -2.43. The molecular weight excluding hydrogens is 395 g/mol. The minimum Gasteiger partial charge on any atom is -0.478 e. The number of carboxylic acid groups (broad SMARTS) is 1. The summed E-state index contributed by atoms with van der Waals surface area (Å²) in [6, 6.07) is 10.8. The Bertz CT molecular complexity index is 1280. The molecule has 0 saturated carbocycles. The molecule has 0 atom stereocenters. The number of hydrogen-bond acceptors (Lipinski definition) is 5. The van der Waals surface area contributed by atoms with Gasteiger partial charge in [-0.25, -0.2) is 19.0 Å². The standard InChI is InChI=1S/C21H11FN2O4S/c1-23-15-8-11(6-7-13(15)22)12-10-29-18(19(12)21(26)27)9-16(25)20-24-14-4-2-3-5-17(14)28-20/h2-8,10H,9H2,(H,26,27). The van der Waals surface area contributed by atoms with Crippen LogP contribution in [0.4, 0.5) is 10.1 Å². The smallest absolute Gasteiger partial charge is 0.337 e. The van der Waals surface area contributed by atoms with Crippen molar-refractivity contribution in [1.29, 1.82) is 0 Å². The monoisotopic (exact) mass is 406 g/mol. The number of hydrogen-bond donors (Lipinski definition) is 1. The Balaban J connectivity index is 1.71. The van der Waals surface area contributed by atoms with Crippen molar-refractivity contribution < 1.29 is 23.5 Å². The molecule has 2 heterocycles. The Labute approximate surface area is 167 Å². The Morgan fingerprint density at radius 2 is 2.03 bits per heavy atom. The predicted octanol–water partition coefficient (Wildman–Crippen LogP) is 5.37. The van der Waals surface area contributed by atoms with Gasteiger partial charge in [-0.1, -0.05) is 18.2 Å². The number of fused-ring (bicyclic) bond motifs is 1. The minimum atomic E-state index is -1.21. The molecule has 0 bridgehead atoms. The Kier molecular flexibility index (Phi) is 4.66. The number of carbonyl (C=O) groups excluding carboxylic acids is 1. The average molecular weight is 406 g/mol. The van der Waals surface area contributed by atoms with Gasteiger partial charge in [0.1, 0.15) is 11.3 Å². The number of carbonyl (C=O) groups is 2. The molecule has 0 amide bonds. The van der Waals surface area contributed by atoms with Crippen LogP contribution in [-0.4, -0.2) is 21.8 Å². The second kappa shape index (κ2) is 7.30. The summed E-state index contributed by atoms with van der Waals surface area (Å²) in [6.07, 6.45) is -0.198. The van der Waals surface area contributed by atoms with E-state index in [1.165, 1.54) is 12.1 Å². The van der Waals surface area contributed by atoms with Gasteiger partial charge >= 0.3 is 5.97 Å². The molecule has 4 rings (SSSR count). The number of aromatic nitrogens is 1. The lowest BCUT2D eigenvalue weighted by atomic mass is 10.0. The van der Waals surface area contributed by atoms with E-state index in [4.69, 9.17) is 11.0 Å². The first kappa shape index (κ1) is 18.5. The molecule has 2 aromatic heterocycles. The number of thiophene rings is 1. The fourth-order valence-corrected chi connectivity index (χ4v) is 4.00. The van der Waals surface area contributed by atoms with E-state index in [0.29, 0.717) is 27.1 Å². The van der Waals surface area contributed by atoms with Gasteiger partial charge in [-0.2, -0.15) is 0 Å². The van der Waals surface area contributed by atoms with Gasteiger partial charge in [0, 0.05) is 10.4 Å². The van der Waals surface area contributed by atoms with Gasteiger partial charge in [0.25, 0.3) is 5.89 Å². The van der Waals surface area contributed by atoms with Gasteiger partial charge < -0.3 is 9.52 Å². The highest BCUT2D eigenvalue weighted by molar-refractivity contribution is 7.11. The lowest BCUT2D eigenvalue weighted by molar-refractivity contribution is 0.0697. The summed E-state index contributed by atoms with van der Waals surface area (Å²) >= 11 is 1.10. The number of para-hydroxylation sites is 2. The molecule has 0 radical (unpaired) electrons. The number of rotatable bonds is 5. The second-order valence-corrected chi connectivity index (χ2v) is 7.08. The summed E-state index contributed by atoms with van der Waals surface area (Å²) in [6.45, 7) is 7.03. The van der Waals surface area contributed by atoms with Crippen LogP contribution >= 0.6 is 11.3 Å². The van der Waals surface area contributed by atoms with Crippen molar-refractivity contribution in [3.8, 4) is 11.1 Å². The quantitative estimate of drug-likeness (QED) is 0.356. The molecule has 142 valence electrons. The van der Waals surface area contributed by atoms with Gasteiger partial charge in [0.2, 0.25) is 11.5 Å². The number of benzene rings is 2. The van der Waals surface area contributed by atoms with Crippen molar-refractivity contribution in [1.82, 2.24) is 4.98 Å². The van der Waals surface area contributed by atoms with E-state index in [1.807, 2.05) is 0 Å². The van der Waals surface area contributed by atoms with Gasteiger partial charge in [0.15, 0.2) is 5.58 Å². The van der Waals surface area contributed by atoms with E-state index >= 15 is 0 Å². The lowest BCUT2D eigenvalue weighted by Crippen LogP contribution is -2.07. The maximum Gasteiger partial charge on any atom is 0.337 e. The fraction of sp³-hybridized carbons (Fsp3) is 0.0476. The topological polar surface area (TPSA) is 84.8 Å². The van der Waals surface area contributed by atoms with Crippen LogP contribution in [0.5, 0.6) is 0 Å². The van der Waals surface area contributed by atoms with Crippen LogP contribution in [0, 0.1) is 12.4 Å².